The summed E-state index contributed by atoms with van der Waals surface area (Å²) in [5, 5.41) is 139. The molecule has 13 N–H and O–H groups in total. The lowest BCUT2D eigenvalue weighted by Gasteiger charge is -2.73. The van der Waals surface area contributed by atoms with Crippen molar-refractivity contribution < 1.29 is 119 Å². The van der Waals surface area contributed by atoms with E-state index in [4.69, 9.17) is 42.6 Å². The van der Waals surface area contributed by atoms with Gasteiger partial charge in [0, 0.05) is 6.92 Å². The fourth-order valence-corrected chi connectivity index (χ4v) is 17.3. The first kappa shape index (κ1) is 61.4. The lowest BCUT2D eigenvalue weighted by atomic mass is 9.32. The summed E-state index contributed by atoms with van der Waals surface area (Å²) in [7, 11) is 0. The predicted molar refractivity (Wildman–Crippen MR) is 267 cm³/mol. The molecule has 79 heavy (non-hydrogen) atoms. The molecule has 0 aromatic rings. The zero-order chi connectivity index (χ0) is 57.8. The van der Waals surface area contributed by atoms with Crippen LogP contribution in [0.5, 0.6) is 0 Å². The minimum Gasteiger partial charge on any atom is -0.463 e. The minimum absolute atomic E-state index is 0.0245. The average Bonchev–Trinajstić information content (AvgIpc) is 2.99. The second-order valence-electron chi connectivity index (χ2n) is 26.1. The Bertz CT molecular complexity index is 2190. The van der Waals surface area contributed by atoms with Crippen molar-refractivity contribution in [2.75, 3.05) is 19.8 Å². The molecule has 30 atom stereocenters. The van der Waals surface area contributed by atoms with Crippen LogP contribution in [-0.2, 0) is 52.2 Å². The third-order valence-electron chi connectivity index (χ3n) is 21.8. The Morgan fingerprint density at radius 2 is 1.13 bits per heavy atom. The summed E-state index contributed by atoms with van der Waals surface area (Å²) in [6.45, 7) is 17.5. The van der Waals surface area contributed by atoms with Crippen LogP contribution in [-0.4, -0.2) is 227 Å². The number of esters is 2. The van der Waals surface area contributed by atoms with E-state index < -0.39 is 159 Å². The Morgan fingerprint density at radius 1 is 0.544 bits per heavy atom. The molecule has 9 rings (SSSR count). The topological polar surface area (TPSA) is 380 Å². The molecular weight excluding hydrogens is 1040 g/mol. The molecule has 24 nitrogen and oxygen atoms in total. The smallest absolute Gasteiger partial charge is 0.314 e. The highest BCUT2D eigenvalue weighted by Crippen LogP contribution is 2.78. The molecule has 0 amide bonds. The molecule has 452 valence electrons. The van der Waals surface area contributed by atoms with E-state index in [1.165, 1.54) is 6.92 Å². The van der Waals surface area contributed by atoms with Crippen molar-refractivity contribution in [3.63, 3.8) is 0 Å². The number of carbonyl (C=O) groups excluding carboxylic acids is 2. The van der Waals surface area contributed by atoms with Gasteiger partial charge < -0.3 is 109 Å². The van der Waals surface area contributed by atoms with Crippen molar-refractivity contribution in [1.29, 1.82) is 0 Å². The number of aliphatic hydroxyl groups excluding tert-OH is 13. The Hall–Kier alpha value is -2.12. The van der Waals surface area contributed by atoms with Gasteiger partial charge in [-0.2, -0.15) is 0 Å². The Morgan fingerprint density at radius 3 is 1.76 bits per heavy atom. The monoisotopic (exact) mass is 1130 g/mol. The van der Waals surface area contributed by atoms with Crippen LogP contribution in [0.2, 0.25) is 0 Å². The zero-order valence-electron chi connectivity index (χ0n) is 46.2. The fourth-order valence-electron chi connectivity index (χ4n) is 17.3. The van der Waals surface area contributed by atoms with Crippen molar-refractivity contribution in [2.45, 2.75) is 242 Å². The Kier molecular flexibility index (Phi) is 17.7. The molecule has 9 fully saturated rings. The standard InChI is InChI=1S/C55H88O24/c1-22(2)24-11-16-55(50(70)79-48-41(66)36(61)34(59)28(75-48)21-72-46-43(68)38(63)44(26(19-56)73-46)77-49-42(67)37(62)39(64)45(69)78-49)18-17-53(7)25(32(24)55)9-10-30-52(6)14-13-31(51(4,5)29(52)12-15-54(30,53)8)76-47-40(65)35(60)33(58)27(74-47)20-71-23(3)57/h24-49,56,58-69H,1,9-21H2,2-8H3. The van der Waals surface area contributed by atoms with E-state index in [0.717, 1.165) is 37.7 Å². The third-order valence-corrected chi connectivity index (χ3v) is 21.8. The third kappa shape index (κ3) is 10.3. The molecule has 4 heterocycles. The van der Waals surface area contributed by atoms with Gasteiger partial charge in [0.15, 0.2) is 25.2 Å². The Labute approximate surface area is 459 Å². The molecule has 4 aliphatic heterocycles. The second-order valence-corrected chi connectivity index (χ2v) is 26.1. The number of hydrogen-bond donors (Lipinski definition) is 13. The maximum atomic E-state index is 15.2. The van der Waals surface area contributed by atoms with Crippen LogP contribution < -0.4 is 0 Å². The maximum Gasteiger partial charge on any atom is 0.314 e. The summed E-state index contributed by atoms with van der Waals surface area (Å²) in [5.41, 5.74) is -0.989. The molecule has 5 saturated carbocycles. The number of fused-ring (bicyclic) bond motifs is 7. The molecule has 0 aromatic carbocycles. The summed E-state index contributed by atoms with van der Waals surface area (Å²) < 4.78 is 51.8. The van der Waals surface area contributed by atoms with Crippen LogP contribution in [0.1, 0.15) is 113 Å². The summed E-state index contributed by atoms with van der Waals surface area (Å²) >= 11 is 0. The highest BCUT2D eigenvalue weighted by Gasteiger charge is 2.73. The lowest BCUT2D eigenvalue weighted by molar-refractivity contribution is -0.380. The molecule has 0 spiro atoms. The van der Waals surface area contributed by atoms with Gasteiger partial charge in [0.1, 0.15) is 98.2 Å². The summed E-state index contributed by atoms with van der Waals surface area (Å²) in [4.78, 5) is 26.7. The molecule has 0 radical (unpaired) electrons. The number of ether oxygens (including phenoxy) is 9. The van der Waals surface area contributed by atoms with Gasteiger partial charge in [-0.25, -0.2) is 0 Å². The average molecular weight is 1130 g/mol. The normalized spacial score (nSPS) is 53.4. The van der Waals surface area contributed by atoms with Gasteiger partial charge in [-0.05, 0) is 122 Å². The van der Waals surface area contributed by atoms with Gasteiger partial charge in [0.25, 0.3) is 0 Å². The number of carbonyl (C=O) groups is 2. The van der Waals surface area contributed by atoms with E-state index in [0.29, 0.717) is 38.0 Å². The van der Waals surface area contributed by atoms with Gasteiger partial charge in [0.05, 0.1) is 24.7 Å². The van der Waals surface area contributed by atoms with Crippen LogP contribution >= 0.6 is 0 Å². The Balaban J connectivity index is 0.874. The summed E-state index contributed by atoms with van der Waals surface area (Å²) in [6, 6.07) is 0. The molecule has 30 unspecified atom stereocenters. The number of allylic oxidation sites excluding steroid dienone is 1. The zero-order valence-corrected chi connectivity index (χ0v) is 46.2. The molecule has 4 saturated heterocycles. The van der Waals surface area contributed by atoms with Gasteiger partial charge in [-0.1, -0.05) is 46.8 Å². The lowest BCUT2D eigenvalue weighted by Crippen LogP contribution is -2.68. The van der Waals surface area contributed by atoms with Crippen molar-refractivity contribution in [1.82, 2.24) is 0 Å². The number of aliphatic hydroxyl groups is 13. The molecule has 5 aliphatic carbocycles. The first-order valence-electron chi connectivity index (χ1n) is 28.3. The quantitative estimate of drug-likeness (QED) is 0.0558. The van der Waals surface area contributed by atoms with E-state index in [-0.39, 0.29) is 52.6 Å². The van der Waals surface area contributed by atoms with Crippen molar-refractivity contribution in [2.24, 2.45) is 56.7 Å². The van der Waals surface area contributed by atoms with E-state index in [9.17, 15) is 71.2 Å². The summed E-state index contributed by atoms with van der Waals surface area (Å²) in [6.07, 6.45) is -27.1. The van der Waals surface area contributed by atoms with Crippen molar-refractivity contribution >= 4 is 11.9 Å². The highest BCUT2D eigenvalue weighted by atomic mass is 16.8. The van der Waals surface area contributed by atoms with Gasteiger partial charge in [-0.15, -0.1) is 0 Å². The molecule has 0 bridgehead atoms. The maximum absolute atomic E-state index is 15.2. The van der Waals surface area contributed by atoms with Crippen LogP contribution in [0, 0.1) is 56.7 Å². The highest BCUT2D eigenvalue weighted by molar-refractivity contribution is 5.78. The first-order chi connectivity index (χ1) is 37.0. The predicted octanol–water partition coefficient (Wildman–Crippen LogP) is -1.65. The largest absolute Gasteiger partial charge is 0.463 e. The molecular formula is C55H88O24. The van der Waals surface area contributed by atoms with E-state index in [2.05, 4.69) is 41.2 Å². The van der Waals surface area contributed by atoms with Crippen molar-refractivity contribution in [3.05, 3.63) is 12.2 Å². The number of hydrogen-bond acceptors (Lipinski definition) is 24. The van der Waals surface area contributed by atoms with Crippen LogP contribution in [0.25, 0.3) is 0 Å². The second kappa shape index (κ2) is 22.7. The van der Waals surface area contributed by atoms with Gasteiger partial charge in [0.2, 0.25) is 6.29 Å². The fraction of sp³-hybridized carbons (Fsp3) is 0.927. The summed E-state index contributed by atoms with van der Waals surface area (Å²) in [5.74, 6) is -0.827. The van der Waals surface area contributed by atoms with Gasteiger partial charge in [-0.3, -0.25) is 9.59 Å². The van der Waals surface area contributed by atoms with E-state index in [1.807, 2.05) is 6.92 Å². The SMILES string of the molecule is C=C(C)C1CCC2(C(=O)OC3OC(COC4OC(CO)C(OC5OC(O)C(O)C(O)C5O)C(O)C4O)C(O)C(O)C3O)CCC3(C)C(CCC4C5(C)CCC(OC6OC(COC(C)=O)C(O)C(O)C6O)C(C)(C)C5CCC43C)C12. The van der Waals surface area contributed by atoms with E-state index >= 15 is 4.79 Å². The number of rotatable bonds is 13. The molecule has 24 heteroatoms. The van der Waals surface area contributed by atoms with Gasteiger partial charge >= 0.3 is 11.9 Å². The van der Waals surface area contributed by atoms with Crippen LogP contribution in [0.3, 0.4) is 0 Å². The first-order valence-corrected chi connectivity index (χ1v) is 28.3. The van der Waals surface area contributed by atoms with Crippen LogP contribution in [0.15, 0.2) is 12.2 Å². The van der Waals surface area contributed by atoms with Crippen molar-refractivity contribution in [3.8, 4) is 0 Å². The molecule has 0 aromatic heterocycles. The molecule has 9 aliphatic rings. The minimum atomic E-state index is -1.99. The van der Waals surface area contributed by atoms with E-state index in [1.54, 1.807) is 0 Å². The van der Waals surface area contributed by atoms with Crippen LogP contribution in [0.4, 0.5) is 0 Å².